The average molecular weight is 293 g/mol. The summed E-state index contributed by atoms with van der Waals surface area (Å²) in [4.78, 5) is 24.9. The maximum Gasteiger partial charge on any atom is 0.322 e. The first-order chi connectivity index (χ1) is 10.1. The van der Waals surface area contributed by atoms with E-state index in [9.17, 15) is 9.59 Å². The van der Waals surface area contributed by atoms with Gasteiger partial charge in [0.15, 0.2) is 0 Å². The molecule has 0 aliphatic carbocycles. The van der Waals surface area contributed by atoms with Crippen LogP contribution in [0.1, 0.15) is 0 Å². The van der Waals surface area contributed by atoms with E-state index in [1.54, 1.807) is 23.1 Å². The molecule has 1 saturated heterocycles. The maximum atomic E-state index is 12.1. The molecule has 0 bridgehead atoms. The van der Waals surface area contributed by atoms with Gasteiger partial charge in [0.1, 0.15) is 11.8 Å². The van der Waals surface area contributed by atoms with E-state index in [0.717, 1.165) is 0 Å². The molecule has 21 heavy (non-hydrogen) atoms. The number of carboxylic acid groups (broad SMARTS) is 1. The molecule has 1 heterocycles. The summed E-state index contributed by atoms with van der Waals surface area (Å²) in [5.41, 5.74) is 0.576. The fraction of sp³-hybridized carbons (Fsp3) is 0.429. The van der Waals surface area contributed by atoms with Crippen LogP contribution in [0.4, 0.5) is 5.69 Å². The lowest BCUT2D eigenvalue weighted by molar-refractivity contribution is -0.144. The number of ether oxygens (including phenoxy) is 1. The number of para-hydroxylation sites is 2. The molecule has 3 N–H and O–H groups in total. The van der Waals surface area contributed by atoms with Crippen molar-refractivity contribution in [1.29, 1.82) is 0 Å². The van der Waals surface area contributed by atoms with E-state index in [-0.39, 0.29) is 12.5 Å². The topological polar surface area (TPSA) is 90.9 Å². The molecular formula is C14H19N3O4. The van der Waals surface area contributed by atoms with Gasteiger partial charge in [0.25, 0.3) is 0 Å². The molecule has 7 nitrogen and oxygen atoms in total. The number of methoxy groups -OCH3 is 1. The SMILES string of the molecule is COc1ccccc1NC(=O)CN1CCNCC1C(=O)O. The van der Waals surface area contributed by atoms with Crippen LogP contribution in [0.3, 0.4) is 0 Å². The summed E-state index contributed by atoms with van der Waals surface area (Å²) < 4.78 is 5.16. The summed E-state index contributed by atoms with van der Waals surface area (Å²) in [6.07, 6.45) is 0. The molecule has 114 valence electrons. The van der Waals surface area contributed by atoms with Gasteiger partial charge in [-0.05, 0) is 12.1 Å². The zero-order valence-electron chi connectivity index (χ0n) is 11.8. The van der Waals surface area contributed by atoms with Gasteiger partial charge in [0, 0.05) is 19.6 Å². The highest BCUT2D eigenvalue weighted by Crippen LogP contribution is 2.22. The summed E-state index contributed by atoms with van der Waals surface area (Å²) in [5.74, 6) is -0.610. The van der Waals surface area contributed by atoms with E-state index >= 15 is 0 Å². The molecule has 0 spiro atoms. The zero-order valence-corrected chi connectivity index (χ0v) is 11.8. The number of aliphatic carboxylic acids is 1. The highest BCUT2D eigenvalue weighted by Gasteiger charge is 2.29. The van der Waals surface area contributed by atoms with Gasteiger partial charge in [-0.15, -0.1) is 0 Å². The van der Waals surface area contributed by atoms with Crippen molar-refractivity contribution >= 4 is 17.6 Å². The number of anilines is 1. The van der Waals surface area contributed by atoms with Crippen LogP contribution in [0, 0.1) is 0 Å². The number of rotatable bonds is 5. The maximum absolute atomic E-state index is 12.1. The molecule has 0 radical (unpaired) electrons. The Morgan fingerprint density at radius 2 is 2.24 bits per heavy atom. The lowest BCUT2D eigenvalue weighted by Gasteiger charge is -2.32. The van der Waals surface area contributed by atoms with Crippen molar-refractivity contribution in [3.05, 3.63) is 24.3 Å². The van der Waals surface area contributed by atoms with Crippen molar-refractivity contribution in [3.63, 3.8) is 0 Å². The van der Waals surface area contributed by atoms with Crippen molar-refractivity contribution in [2.45, 2.75) is 6.04 Å². The molecule has 1 fully saturated rings. The Hall–Kier alpha value is -2.12. The minimum atomic E-state index is -0.924. The van der Waals surface area contributed by atoms with Crippen molar-refractivity contribution < 1.29 is 19.4 Å². The lowest BCUT2D eigenvalue weighted by Crippen LogP contribution is -2.56. The Bertz CT molecular complexity index is 521. The number of carboxylic acids is 1. The van der Waals surface area contributed by atoms with Gasteiger partial charge in [0.05, 0.1) is 19.3 Å². The fourth-order valence-corrected chi connectivity index (χ4v) is 2.30. The molecule has 7 heteroatoms. The third kappa shape index (κ3) is 3.93. The van der Waals surface area contributed by atoms with E-state index < -0.39 is 12.0 Å². The molecule has 1 aliphatic rings. The Labute approximate surface area is 122 Å². The second-order valence-electron chi connectivity index (χ2n) is 4.78. The highest BCUT2D eigenvalue weighted by atomic mass is 16.5. The molecule has 1 amide bonds. The van der Waals surface area contributed by atoms with Crippen LogP contribution >= 0.6 is 0 Å². The van der Waals surface area contributed by atoms with Crippen LogP contribution in [-0.4, -0.2) is 61.2 Å². The number of nitrogens with one attached hydrogen (secondary N) is 2. The Morgan fingerprint density at radius 3 is 2.95 bits per heavy atom. The van der Waals surface area contributed by atoms with Gasteiger partial charge in [-0.3, -0.25) is 14.5 Å². The van der Waals surface area contributed by atoms with Gasteiger partial charge in [-0.2, -0.15) is 0 Å². The summed E-state index contributed by atoms with van der Waals surface area (Å²) in [6.45, 7) is 1.58. The van der Waals surface area contributed by atoms with Crippen molar-refractivity contribution in [2.24, 2.45) is 0 Å². The monoisotopic (exact) mass is 293 g/mol. The quantitative estimate of drug-likeness (QED) is 0.707. The summed E-state index contributed by atoms with van der Waals surface area (Å²) >= 11 is 0. The van der Waals surface area contributed by atoms with Gasteiger partial charge >= 0.3 is 5.97 Å². The molecule has 1 aliphatic heterocycles. The number of piperazine rings is 1. The average Bonchev–Trinajstić information content (AvgIpc) is 2.48. The number of hydrogen-bond acceptors (Lipinski definition) is 5. The highest BCUT2D eigenvalue weighted by molar-refractivity contribution is 5.94. The number of carbonyl (C=O) groups is 2. The van der Waals surface area contributed by atoms with Crippen LogP contribution < -0.4 is 15.4 Å². The predicted octanol–water partition coefficient (Wildman–Crippen LogP) is -0.00790. The van der Waals surface area contributed by atoms with Gasteiger partial charge in [-0.1, -0.05) is 12.1 Å². The van der Waals surface area contributed by atoms with Crippen molar-refractivity contribution in [3.8, 4) is 5.75 Å². The number of benzene rings is 1. The summed E-state index contributed by atoms with van der Waals surface area (Å²) in [7, 11) is 1.53. The first-order valence-electron chi connectivity index (χ1n) is 6.72. The molecule has 2 rings (SSSR count). The second kappa shape index (κ2) is 7.05. The Balaban J connectivity index is 1.99. The van der Waals surface area contributed by atoms with Crippen LogP contribution in [0.2, 0.25) is 0 Å². The normalized spacial score (nSPS) is 19.0. The van der Waals surface area contributed by atoms with Gasteiger partial charge in [-0.25, -0.2) is 0 Å². The van der Waals surface area contributed by atoms with E-state index in [0.29, 0.717) is 31.1 Å². The zero-order chi connectivity index (χ0) is 15.2. The fourth-order valence-electron chi connectivity index (χ4n) is 2.30. The second-order valence-corrected chi connectivity index (χ2v) is 4.78. The van der Waals surface area contributed by atoms with E-state index in [1.807, 2.05) is 6.07 Å². The standard InChI is InChI=1S/C14H19N3O4/c1-21-12-5-3-2-4-10(12)16-13(18)9-17-7-6-15-8-11(17)14(19)20/h2-5,11,15H,6-9H2,1H3,(H,16,18)(H,19,20). The Kier molecular flexibility index (Phi) is 5.13. The number of nitrogens with zero attached hydrogens (tertiary/aromatic N) is 1. The van der Waals surface area contributed by atoms with E-state index in [2.05, 4.69) is 10.6 Å². The van der Waals surface area contributed by atoms with Crippen LogP contribution in [-0.2, 0) is 9.59 Å². The molecule has 0 aromatic heterocycles. The molecule has 1 unspecified atom stereocenters. The van der Waals surface area contributed by atoms with Gasteiger partial charge in [0.2, 0.25) is 5.91 Å². The molecule has 0 saturated carbocycles. The van der Waals surface area contributed by atoms with Gasteiger partial charge < -0.3 is 20.5 Å². The van der Waals surface area contributed by atoms with E-state index in [4.69, 9.17) is 9.84 Å². The third-order valence-electron chi connectivity index (χ3n) is 3.37. The first-order valence-corrected chi connectivity index (χ1v) is 6.72. The van der Waals surface area contributed by atoms with Crippen molar-refractivity contribution in [1.82, 2.24) is 10.2 Å². The number of hydrogen-bond donors (Lipinski definition) is 3. The van der Waals surface area contributed by atoms with Crippen LogP contribution in [0.5, 0.6) is 5.75 Å². The first kappa shape index (κ1) is 15.3. The lowest BCUT2D eigenvalue weighted by atomic mass is 10.2. The minimum absolute atomic E-state index is 0.0384. The number of amides is 1. The molecule has 1 aromatic carbocycles. The van der Waals surface area contributed by atoms with Crippen LogP contribution in [0.15, 0.2) is 24.3 Å². The molecule has 1 atom stereocenters. The summed E-state index contributed by atoms with van der Waals surface area (Å²) in [6, 6.07) is 6.42. The summed E-state index contributed by atoms with van der Waals surface area (Å²) in [5, 5.41) is 14.9. The molecular weight excluding hydrogens is 274 g/mol. The minimum Gasteiger partial charge on any atom is -0.495 e. The third-order valence-corrected chi connectivity index (χ3v) is 3.37. The van der Waals surface area contributed by atoms with Crippen LogP contribution in [0.25, 0.3) is 0 Å². The Morgan fingerprint density at radius 1 is 1.48 bits per heavy atom. The molecule has 1 aromatic rings. The van der Waals surface area contributed by atoms with E-state index in [1.165, 1.54) is 7.11 Å². The van der Waals surface area contributed by atoms with Crippen molar-refractivity contribution in [2.75, 3.05) is 38.6 Å². The largest absolute Gasteiger partial charge is 0.495 e. The number of carbonyl (C=O) groups excluding carboxylic acids is 1. The smallest absolute Gasteiger partial charge is 0.322 e. The predicted molar refractivity (Wildman–Crippen MR) is 77.5 cm³/mol.